The molecule has 2 heterocycles. The molecule has 29 heavy (non-hydrogen) atoms. The van der Waals surface area contributed by atoms with Crippen molar-refractivity contribution in [2.75, 3.05) is 6.54 Å². The van der Waals surface area contributed by atoms with E-state index in [9.17, 15) is 9.18 Å². The molecule has 5 nitrogen and oxygen atoms in total. The maximum Gasteiger partial charge on any atom is 0.254 e. The first-order valence-electron chi connectivity index (χ1n) is 9.45. The molecule has 0 aromatic heterocycles. The van der Waals surface area contributed by atoms with E-state index in [1.807, 2.05) is 24.3 Å². The zero-order valence-corrected chi connectivity index (χ0v) is 17.5. The number of amides is 1. The molecular weight excluding hydrogens is 416 g/mol. The van der Waals surface area contributed by atoms with Crippen molar-refractivity contribution in [3.8, 4) is 11.5 Å². The summed E-state index contributed by atoms with van der Waals surface area (Å²) in [5, 5.41) is 6.44. The number of halogens is 3. The first kappa shape index (κ1) is 23.4. The summed E-state index contributed by atoms with van der Waals surface area (Å²) >= 11 is 0. The summed E-state index contributed by atoms with van der Waals surface area (Å²) in [5.41, 5.74) is 6.69. The van der Waals surface area contributed by atoms with Crippen LogP contribution in [0.5, 0.6) is 11.5 Å². The first-order valence-corrected chi connectivity index (χ1v) is 9.45. The minimum Gasteiger partial charge on any atom is -0.457 e. The molecule has 2 aliphatic heterocycles. The van der Waals surface area contributed by atoms with E-state index in [2.05, 4.69) is 10.6 Å². The van der Waals surface area contributed by atoms with Gasteiger partial charge in [-0.3, -0.25) is 4.79 Å². The summed E-state index contributed by atoms with van der Waals surface area (Å²) in [6.45, 7) is 0.592. The predicted molar refractivity (Wildman–Crippen MR) is 116 cm³/mol. The lowest BCUT2D eigenvalue weighted by molar-refractivity contribution is 0.0926. The Balaban J connectivity index is 0.00000150. The van der Waals surface area contributed by atoms with E-state index in [1.54, 1.807) is 0 Å². The van der Waals surface area contributed by atoms with Gasteiger partial charge in [-0.15, -0.1) is 24.8 Å². The average molecular weight is 442 g/mol. The Kier molecular flexibility index (Phi) is 8.28. The summed E-state index contributed by atoms with van der Waals surface area (Å²) in [4.78, 5) is 12.6. The predicted octanol–water partition coefficient (Wildman–Crippen LogP) is 3.59. The number of fused-ring (bicyclic) bond motifs is 2. The van der Waals surface area contributed by atoms with E-state index in [1.165, 1.54) is 18.2 Å². The molecule has 1 amide bonds. The maximum atomic E-state index is 14.2. The summed E-state index contributed by atoms with van der Waals surface area (Å²) < 4.78 is 20.0. The molecule has 2 bridgehead atoms. The second kappa shape index (κ2) is 10.3. The van der Waals surface area contributed by atoms with E-state index in [-0.39, 0.29) is 36.4 Å². The molecule has 0 radical (unpaired) electrons. The molecule has 4 rings (SSSR count). The highest BCUT2D eigenvalue weighted by Crippen LogP contribution is 2.29. The van der Waals surface area contributed by atoms with Gasteiger partial charge in [-0.05, 0) is 68.1 Å². The van der Waals surface area contributed by atoms with E-state index < -0.39 is 11.7 Å². The summed E-state index contributed by atoms with van der Waals surface area (Å²) in [5.74, 6) is 0.120. The van der Waals surface area contributed by atoms with Crippen LogP contribution in [0.4, 0.5) is 4.39 Å². The number of hydrogen-bond acceptors (Lipinski definition) is 4. The van der Waals surface area contributed by atoms with Crippen LogP contribution in [0, 0.1) is 5.82 Å². The number of nitrogens with two attached hydrogens (primary N) is 1. The van der Waals surface area contributed by atoms with Gasteiger partial charge in [0.1, 0.15) is 17.3 Å². The third kappa shape index (κ3) is 5.39. The van der Waals surface area contributed by atoms with Crippen molar-refractivity contribution in [3.05, 3.63) is 59.4 Å². The van der Waals surface area contributed by atoms with Crippen LogP contribution in [-0.4, -0.2) is 30.6 Å². The molecule has 158 valence electrons. The fourth-order valence-corrected chi connectivity index (χ4v) is 4.00. The Labute approximate surface area is 182 Å². The van der Waals surface area contributed by atoms with Crippen molar-refractivity contribution < 1.29 is 13.9 Å². The van der Waals surface area contributed by atoms with Crippen LogP contribution < -0.4 is 21.1 Å². The number of rotatable bonds is 6. The monoisotopic (exact) mass is 441 g/mol. The second-order valence-electron chi connectivity index (χ2n) is 7.29. The lowest BCUT2D eigenvalue weighted by Gasteiger charge is -2.21. The molecule has 2 fully saturated rings. The number of benzene rings is 2. The van der Waals surface area contributed by atoms with Gasteiger partial charge in [0.05, 0.1) is 5.56 Å². The van der Waals surface area contributed by atoms with Gasteiger partial charge < -0.3 is 21.1 Å². The zero-order valence-electron chi connectivity index (χ0n) is 15.9. The van der Waals surface area contributed by atoms with Crippen LogP contribution in [0.3, 0.4) is 0 Å². The maximum absolute atomic E-state index is 14.2. The largest absolute Gasteiger partial charge is 0.457 e. The molecule has 0 aliphatic carbocycles. The van der Waals surface area contributed by atoms with Gasteiger partial charge in [0.2, 0.25) is 0 Å². The van der Waals surface area contributed by atoms with Crippen LogP contribution in [-0.2, 0) is 6.42 Å². The Bertz CT molecular complexity index is 835. The van der Waals surface area contributed by atoms with Crippen molar-refractivity contribution in [2.24, 2.45) is 5.73 Å². The van der Waals surface area contributed by atoms with Crippen molar-refractivity contribution in [1.29, 1.82) is 0 Å². The first-order chi connectivity index (χ1) is 13.1. The Morgan fingerprint density at radius 2 is 1.86 bits per heavy atom. The van der Waals surface area contributed by atoms with Crippen molar-refractivity contribution in [3.63, 3.8) is 0 Å². The molecule has 3 atom stereocenters. The number of nitrogens with one attached hydrogen (secondary N) is 2. The molecule has 8 heteroatoms. The third-order valence-corrected chi connectivity index (χ3v) is 5.39. The smallest absolute Gasteiger partial charge is 0.254 e. The lowest BCUT2D eigenvalue weighted by atomic mass is 9.95. The number of ether oxygens (including phenoxy) is 1. The van der Waals surface area contributed by atoms with Gasteiger partial charge in [-0.2, -0.15) is 0 Å². The van der Waals surface area contributed by atoms with E-state index in [4.69, 9.17) is 10.5 Å². The van der Waals surface area contributed by atoms with Crippen molar-refractivity contribution in [1.82, 2.24) is 10.6 Å². The van der Waals surface area contributed by atoms with Gasteiger partial charge in [0.25, 0.3) is 5.91 Å². The van der Waals surface area contributed by atoms with Gasteiger partial charge in [0, 0.05) is 18.1 Å². The highest BCUT2D eigenvalue weighted by molar-refractivity contribution is 5.95. The van der Waals surface area contributed by atoms with E-state index in [0.29, 0.717) is 30.1 Å². The summed E-state index contributed by atoms with van der Waals surface area (Å²) in [6.07, 6.45) is 3.92. The minimum atomic E-state index is -0.547. The number of carbonyl (C=O) groups excluding carboxylic acids is 1. The van der Waals surface area contributed by atoms with Crippen LogP contribution in [0.2, 0.25) is 0 Å². The molecular formula is C21H26Cl2FN3O2. The van der Waals surface area contributed by atoms with Gasteiger partial charge >= 0.3 is 0 Å². The van der Waals surface area contributed by atoms with Crippen molar-refractivity contribution >= 4 is 30.7 Å². The van der Waals surface area contributed by atoms with Crippen molar-refractivity contribution in [2.45, 2.75) is 43.8 Å². The molecule has 0 spiro atoms. The average Bonchev–Trinajstić information content (AvgIpc) is 3.28. The molecule has 2 aliphatic rings. The standard InChI is InChI=1S/C21H24FN3O2.2ClH/c22-18-7-6-16(27-15-4-1-13(2-5-15)9-10-23)12-17(18)21(26)25-20-11-14-3-8-19(20)24-14;;/h1-2,4-7,12,14,19-20,24H,3,8-11,23H2,(H,25,26);2*1H/t14-,19+,20+;;/m1../s1. The normalized spacial score (nSPS) is 21.8. The highest BCUT2D eigenvalue weighted by atomic mass is 35.5. The molecule has 0 unspecified atom stereocenters. The topological polar surface area (TPSA) is 76.4 Å². The molecule has 4 N–H and O–H groups in total. The van der Waals surface area contributed by atoms with Crippen LogP contribution in [0.25, 0.3) is 0 Å². The third-order valence-electron chi connectivity index (χ3n) is 5.39. The van der Waals surface area contributed by atoms with Gasteiger partial charge in [-0.25, -0.2) is 4.39 Å². The fraction of sp³-hybridized carbons (Fsp3) is 0.381. The highest BCUT2D eigenvalue weighted by Gasteiger charge is 2.39. The second-order valence-corrected chi connectivity index (χ2v) is 7.29. The Morgan fingerprint density at radius 3 is 2.48 bits per heavy atom. The Morgan fingerprint density at radius 1 is 1.14 bits per heavy atom. The fourth-order valence-electron chi connectivity index (χ4n) is 4.00. The number of carbonyl (C=O) groups is 1. The minimum absolute atomic E-state index is 0. The molecule has 2 aromatic carbocycles. The van der Waals surface area contributed by atoms with E-state index >= 15 is 0 Å². The lowest BCUT2D eigenvalue weighted by Crippen LogP contribution is -2.43. The Hall–Kier alpha value is -1.86. The van der Waals surface area contributed by atoms with Crippen LogP contribution >= 0.6 is 24.8 Å². The SMILES string of the molecule is Cl.Cl.NCCc1ccc(Oc2ccc(F)c(C(=O)N[C@H]3C[C@H]4CC[C@@H]3N4)c2)cc1. The van der Waals surface area contributed by atoms with Crippen LogP contribution in [0.15, 0.2) is 42.5 Å². The number of hydrogen-bond donors (Lipinski definition) is 3. The van der Waals surface area contributed by atoms with Crippen LogP contribution in [0.1, 0.15) is 35.2 Å². The molecule has 2 aromatic rings. The summed E-state index contributed by atoms with van der Waals surface area (Å²) in [6, 6.07) is 12.7. The molecule has 0 saturated carbocycles. The van der Waals surface area contributed by atoms with Gasteiger partial charge in [0.15, 0.2) is 0 Å². The van der Waals surface area contributed by atoms with E-state index in [0.717, 1.165) is 31.2 Å². The van der Waals surface area contributed by atoms with Gasteiger partial charge in [-0.1, -0.05) is 12.1 Å². The quantitative estimate of drug-likeness (QED) is 0.639. The molecule has 2 saturated heterocycles. The zero-order chi connectivity index (χ0) is 18.8. The summed E-state index contributed by atoms with van der Waals surface area (Å²) in [7, 11) is 0.